The first kappa shape index (κ1) is 23.9. The molecular weight excluding hydrogens is 416 g/mol. The molecule has 8 nitrogen and oxygen atoms in total. The van der Waals surface area contributed by atoms with Gasteiger partial charge in [-0.3, -0.25) is 9.59 Å². The van der Waals surface area contributed by atoms with Crippen molar-refractivity contribution in [2.45, 2.75) is 57.8 Å². The van der Waals surface area contributed by atoms with E-state index in [0.29, 0.717) is 0 Å². The molecule has 0 spiro atoms. The van der Waals surface area contributed by atoms with E-state index in [4.69, 9.17) is 23.7 Å². The van der Waals surface area contributed by atoms with Crippen LogP contribution in [0, 0.1) is 0 Å². The molecule has 1 N–H and O–H groups in total. The Morgan fingerprint density at radius 3 is 1.88 bits per heavy atom. The van der Waals surface area contributed by atoms with E-state index in [1.807, 2.05) is 60.7 Å². The van der Waals surface area contributed by atoms with E-state index in [1.165, 1.54) is 13.8 Å². The van der Waals surface area contributed by atoms with Gasteiger partial charge in [-0.1, -0.05) is 60.7 Å². The minimum atomic E-state index is -1.31. The minimum absolute atomic E-state index is 0.148. The highest BCUT2D eigenvalue weighted by molar-refractivity contribution is 5.66. The highest BCUT2D eigenvalue weighted by atomic mass is 16.7. The normalized spacial score (nSPS) is 25.2. The number of rotatable bonds is 9. The molecule has 0 radical (unpaired) electrons. The second-order valence-corrected chi connectivity index (χ2v) is 7.47. The highest BCUT2D eigenvalue weighted by Crippen LogP contribution is 2.29. The summed E-state index contributed by atoms with van der Waals surface area (Å²) in [5.74, 6) is -1.11. The summed E-state index contributed by atoms with van der Waals surface area (Å²) in [6, 6.07) is 18.9. The summed E-state index contributed by atoms with van der Waals surface area (Å²) < 4.78 is 28.2. The van der Waals surface area contributed by atoms with E-state index in [9.17, 15) is 14.7 Å². The van der Waals surface area contributed by atoms with Gasteiger partial charge in [0.05, 0.1) is 13.2 Å². The summed E-state index contributed by atoms with van der Waals surface area (Å²) in [6.45, 7) is 2.77. The van der Waals surface area contributed by atoms with Crippen molar-refractivity contribution in [3.8, 4) is 0 Å². The molecule has 1 heterocycles. The number of carbonyl (C=O) groups excluding carboxylic acids is 2. The van der Waals surface area contributed by atoms with Crippen molar-refractivity contribution in [3.05, 3.63) is 71.8 Å². The lowest BCUT2D eigenvalue weighted by molar-refractivity contribution is -0.309. The number of aliphatic hydroxyl groups is 1. The maximum Gasteiger partial charge on any atom is 0.305 e. The summed E-state index contributed by atoms with van der Waals surface area (Å²) in [4.78, 5) is 22.9. The van der Waals surface area contributed by atoms with Crippen LogP contribution in [-0.2, 0) is 46.5 Å². The maximum absolute atomic E-state index is 11.5. The molecule has 1 aliphatic rings. The summed E-state index contributed by atoms with van der Waals surface area (Å²) in [5.41, 5.74) is 1.81. The second kappa shape index (κ2) is 11.7. The first-order valence-corrected chi connectivity index (χ1v) is 10.4. The van der Waals surface area contributed by atoms with E-state index in [-0.39, 0.29) is 19.8 Å². The molecule has 1 aliphatic heterocycles. The van der Waals surface area contributed by atoms with Crippen molar-refractivity contribution in [1.29, 1.82) is 0 Å². The Morgan fingerprint density at radius 1 is 0.844 bits per heavy atom. The van der Waals surface area contributed by atoms with E-state index >= 15 is 0 Å². The molecular formula is C24H28O8. The second-order valence-electron chi connectivity index (χ2n) is 7.47. The van der Waals surface area contributed by atoms with Gasteiger partial charge >= 0.3 is 11.9 Å². The van der Waals surface area contributed by atoms with E-state index in [1.54, 1.807) is 0 Å². The molecule has 1 saturated heterocycles. The summed E-state index contributed by atoms with van der Waals surface area (Å²) in [7, 11) is 0. The zero-order valence-electron chi connectivity index (χ0n) is 18.1. The molecule has 2 aromatic carbocycles. The van der Waals surface area contributed by atoms with Gasteiger partial charge in [0.2, 0.25) is 6.29 Å². The molecule has 0 bridgehead atoms. The van der Waals surface area contributed by atoms with Crippen LogP contribution in [0.5, 0.6) is 0 Å². The smallest absolute Gasteiger partial charge is 0.305 e. The fraction of sp³-hybridized carbons (Fsp3) is 0.417. The van der Waals surface area contributed by atoms with Crippen molar-refractivity contribution in [2.24, 2.45) is 0 Å². The number of hydrogen-bond acceptors (Lipinski definition) is 8. The predicted octanol–water partition coefficient (Wildman–Crippen LogP) is 2.37. The SMILES string of the molecule is CC(=O)OC[C@@H]1O[C@H](OC(C)=O)[C@@H](O)[C@@H](OCc2ccccc2)[C@@H]1OCc1ccccc1. The third-order valence-corrected chi connectivity index (χ3v) is 4.92. The van der Waals surface area contributed by atoms with Crippen molar-refractivity contribution >= 4 is 11.9 Å². The minimum Gasteiger partial charge on any atom is -0.463 e. The largest absolute Gasteiger partial charge is 0.463 e. The molecule has 5 atom stereocenters. The molecule has 32 heavy (non-hydrogen) atoms. The number of hydrogen-bond donors (Lipinski definition) is 1. The van der Waals surface area contributed by atoms with Crippen LogP contribution in [0.4, 0.5) is 0 Å². The number of benzene rings is 2. The lowest BCUT2D eigenvalue weighted by Crippen LogP contribution is -2.61. The number of esters is 2. The van der Waals surface area contributed by atoms with Gasteiger partial charge < -0.3 is 28.8 Å². The van der Waals surface area contributed by atoms with Crippen molar-refractivity contribution in [2.75, 3.05) is 6.61 Å². The molecule has 2 aromatic rings. The van der Waals surface area contributed by atoms with Gasteiger partial charge in [-0.25, -0.2) is 0 Å². The van der Waals surface area contributed by atoms with Crippen LogP contribution < -0.4 is 0 Å². The van der Waals surface area contributed by atoms with Crippen LogP contribution in [0.25, 0.3) is 0 Å². The van der Waals surface area contributed by atoms with E-state index in [2.05, 4.69) is 0 Å². The number of ether oxygens (including phenoxy) is 5. The van der Waals surface area contributed by atoms with Crippen molar-refractivity contribution in [1.82, 2.24) is 0 Å². The average molecular weight is 444 g/mol. The molecule has 1 fully saturated rings. The zero-order valence-corrected chi connectivity index (χ0v) is 18.1. The van der Waals surface area contributed by atoms with Gasteiger partial charge in [0.15, 0.2) is 0 Å². The van der Waals surface area contributed by atoms with Crippen molar-refractivity contribution in [3.63, 3.8) is 0 Å². The standard InChI is InChI=1S/C24H28O8/c1-16(25)28-15-20-22(29-13-18-9-5-3-6-10-18)23(21(27)24(32-20)31-17(2)26)30-14-19-11-7-4-8-12-19/h3-12,20-24,27H,13-15H2,1-2H3/t20-,21-,22+,23+,24-/m0/s1. The zero-order chi connectivity index (χ0) is 22.9. The van der Waals surface area contributed by atoms with Crippen molar-refractivity contribution < 1.29 is 38.4 Å². The summed E-state index contributed by atoms with van der Waals surface area (Å²) in [6.07, 6.45) is -5.11. The highest BCUT2D eigenvalue weighted by Gasteiger charge is 2.48. The van der Waals surface area contributed by atoms with Crippen LogP contribution in [0.15, 0.2) is 60.7 Å². The third-order valence-electron chi connectivity index (χ3n) is 4.92. The van der Waals surface area contributed by atoms with Gasteiger partial charge in [0, 0.05) is 13.8 Å². The molecule has 0 aromatic heterocycles. The Hall–Kier alpha value is -2.78. The van der Waals surface area contributed by atoms with Gasteiger partial charge in [-0.2, -0.15) is 0 Å². The lowest BCUT2D eigenvalue weighted by atomic mass is 9.98. The maximum atomic E-state index is 11.5. The Labute approximate surface area is 187 Å². The molecule has 3 rings (SSSR count). The molecule has 0 saturated carbocycles. The van der Waals surface area contributed by atoms with Gasteiger partial charge in [0.25, 0.3) is 0 Å². The molecule has 0 aliphatic carbocycles. The first-order chi connectivity index (χ1) is 15.4. The molecule has 172 valence electrons. The predicted molar refractivity (Wildman–Crippen MR) is 113 cm³/mol. The monoisotopic (exact) mass is 444 g/mol. The Bertz CT molecular complexity index is 813. The topological polar surface area (TPSA) is 101 Å². The van der Waals surface area contributed by atoms with Crippen LogP contribution in [0.1, 0.15) is 25.0 Å². The van der Waals surface area contributed by atoms with Gasteiger partial charge in [-0.15, -0.1) is 0 Å². The first-order valence-electron chi connectivity index (χ1n) is 10.4. The Balaban J connectivity index is 1.82. The fourth-order valence-corrected chi connectivity index (χ4v) is 3.41. The fourth-order valence-electron chi connectivity index (χ4n) is 3.41. The summed E-state index contributed by atoms with van der Waals surface area (Å²) in [5, 5.41) is 10.9. The molecule has 0 amide bonds. The average Bonchev–Trinajstić information content (AvgIpc) is 2.78. The van der Waals surface area contributed by atoms with Crippen LogP contribution in [0.2, 0.25) is 0 Å². The van der Waals surface area contributed by atoms with Gasteiger partial charge in [-0.05, 0) is 11.1 Å². The number of aliphatic hydroxyl groups excluding tert-OH is 1. The molecule has 8 heteroatoms. The Kier molecular flexibility index (Phi) is 8.75. The molecule has 0 unspecified atom stereocenters. The van der Waals surface area contributed by atoms with Crippen LogP contribution in [0.3, 0.4) is 0 Å². The van der Waals surface area contributed by atoms with E-state index < -0.39 is 42.6 Å². The Morgan fingerprint density at radius 2 is 1.38 bits per heavy atom. The van der Waals surface area contributed by atoms with Crippen LogP contribution in [-0.4, -0.2) is 54.4 Å². The summed E-state index contributed by atoms with van der Waals surface area (Å²) >= 11 is 0. The van der Waals surface area contributed by atoms with Gasteiger partial charge in [0.1, 0.15) is 31.0 Å². The number of carbonyl (C=O) groups is 2. The lowest BCUT2D eigenvalue weighted by Gasteiger charge is -2.43. The third kappa shape index (κ3) is 6.86. The quantitative estimate of drug-likeness (QED) is 0.589. The van der Waals surface area contributed by atoms with E-state index in [0.717, 1.165) is 11.1 Å². The van der Waals surface area contributed by atoms with Crippen LogP contribution >= 0.6 is 0 Å².